The van der Waals surface area contributed by atoms with Crippen molar-refractivity contribution in [2.45, 2.75) is 0 Å². The average Bonchev–Trinajstić information content (AvgIpc) is 3.80. The number of hydrogen-bond donors (Lipinski definition) is 0. The minimum absolute atomic E-state index is 0.0830. The number of furan rings is 1. The molecular weight excluding hydrogens is 671 g/mol. The molecule has 0 fully saturated rings. The third-order valence-electron chi connectivity index (χ3n) is 9.22. The van der Waals surface area contributed by atoms with Crippen LogP contribution in [0.25, 0.3) is 111 Å². The first-order valence-corrected chi connectivity index (χ1v) is 17.0. The topological polar surface area (TPSA) is 51.8 Å². The summed E-state index contributed by atoms with van der Waals surface area (Å²) in [5.41, 5.74) is -1.03. The molecule has 0 N–H and O–H groups in total. The molecule has 2 aromatic heterocycles. The van der Waals surface area contributed by atoms with Crippen molar-refractivity contribution in [2.24, 2.45) is 0 Å². The van der Waals surface area contributed by atoms with Crippen LogP contribution in [-0.2, 0) is 0 Å². The summed E-state index contributed by atoms with van der Waals surface area (Å²) in [7, 11) is 0. The number of fused-ring (bicyclic) bond motifs is 9. The Morgan fingerprint density at radius 1 is 0.345 bits per heavy atom. The van der Waals surface area contributed by atoms with E-state index in [2.05, 4.69) is 4.98 Å². The number of nitrogens with zero attached hydrogens (tertiary/aromatic N) is 3. The van der Waals surface area contributed by atoms with Crippen LogP contribution in [0.2, 0.25) is 0 Å². The molecule has 11 rings (SSSR count). The molecule has 4 heteroatoms. The highest BCUT2D eigenvalue weighted by atomic mass is 16.3. The lowest BCUT2D eigenvalue weighted by molar-refractivity contribution is 0.669. The first-order chi connectivity index (χ1) is 35.2. The van der Waals surface area contributed by atoms with E-state index in [0.717, 1.165) is 5.39 Å². The quantitative estimate of drug-likeness (QED) is 0.166. The lowest BCUT2D eigenvalue weighted by atomic mass is 9.92. The van der Waals surface area contributed by atoms with Gasteiger partial charge in [0.2, 0.25) is 0 Å². The van der Waals surface area contributed by atoms with Gasteiger partial charge in [-0.25, -0.2) is 15.0 Å². The van der Waals surface area contributed by atoms with Crippen molar-refractivity contribution in [3.8, 4) is 56.4 Å². The minimum Gasteiger partial charge on any atom is -0.456 e. The SMILES string of the molecule is [2H]c1c([2H])c(-c2nc(-c3ccccc3)nc(-c3cccc4oc5ccccc5c34)n2)c([2H])c(-c2c([2H])c([2H])c(-c3c([2H])c([2H])c4c5c([2H])c([2H])c([2H])c([2H])c5c5c([2H])c([2H])c([2H])c([2H])c5c4c3[2H])c([2H])c2[2H])c1[2H]. The molecule has 0 bridgehead atoms. The van der Waals surface area contributed by atoms with Crippen LogP contribution >= 0.6 is 0 Å². The van der Waals surface area contributed by atoms with Gasteiger partial charge in [0.25, 0.3) is 0 Å². The van der Waals surface area contributed by atoms with Gasteiger partial charge < -0.3 is 4.42 Å². The summed E-state index contributed by atoms with van der Waals surface area (Å²) < 4.78 is 178. The molecular formula is C51H31N3O. The molecule has 0 amide bonds. The zero-order chi connectivity index (χ0) is 52.8. The third kappa shape index (κ3) is 5.26. The highest BCUT2D eigenvalue weighted by Gasteiger charge is 2.18. The standard InChI is InChI=1S/C51H31N3O/c1-2-12-34(13-3-1)49-52-50(54-51(53-49)44-21-11-23-47-48(44)43-20-8-9-22-46(43)55-47)37-15-10-14-35(30-37)32-24-26-33(27-25-32)36-28-29-42-40-18-5-4-16-38(40)39-17-6-7-19-41(39)45(42)31-36/h1-31H/i4D,5D,6D,7D,10D,14D,15D,16D,17D,18D,19D,24D,25D,26D,27D,28D,29D,30D,31D. The Balaban J connectivity index is 1.19. The number of para-hydroxylation sites is 1. The Labute approximate surface area is 343 Å². The Morgan fingerprint density at radius 3 is 1.62 bits per heavy atom. The second-order valence-electron chi connectivity index (χ2n) is 12.4. The van der Waals surface area contributed by atoms with Crippen LogP contribution in [-0.4, -0.2) is 15.0 Å². The molecule has 0 unspecified atom stereocenters. The molecule has 2 heterocycles. The molecule has 0 aliphatic heterocycles. The molecule has 256 valence electrons. The first kappa shape index (κ1) is 17.6. The van der Waals surface area contributed by atoms with Crippen molar-refractivity contribution in [1.82, 2.24) is 15.0 Å². The Hall–Kier alpha value is -7.43. The molecule has 0 saturated carbocycles. The van der Waals surface area contributed by atoms with E-state index < -0.39 is 175 Å². The lowest BCUT2D eigenvalue weighted by Crippen LogP contribution is -2.00. The van der Waals surface area contributed by atoms with Gasteiger partial charge in [0.1, 0.15) is 11.2 Å². The molecule has 11 aromatic rings. The summed E-state index contributed by atoms with van der Waals surface area (Å²) in [6, 6.07) is 6.12. The maximum Gasteiger partial charge on any atom is 0.164 e. The highest BCUT2D eigenvalue weighted by Crippen LogP contribution is 2.39. The van der Waals surface area contributed by atoms with Gasteiger partial charge in [0, 0.05) is 27.5 Å². The Kier molecular flexibility index (Phi) is 4.03. The smallest absolute Gasteiger partial charge is 0.164 e. The van der Waals surface area contributed by atoms with Crippen LogP contribution < -0.4 is 0 Å². The molecule has 0 radical (unpaired) electrons. The second-order valence-corrected chi connectivity index (χ2v) is 12.4. The maximum absolute atomic E-state index is 9.65. The number of rotatable bonds is 5. The Bertz CT molecular complexity index is 4300. The highest BCUT2D eigenvalue weighted by molar-refractivity contribution is 6.25. The van der Waals surface area contributed by atoms with Gasteiger partial charge in [-0.1, -0.05) is 163 Å². The van der Waals surface area contributed by atoms with Gasteiger partial charge >= 0.3 is 0 Å². The van der Waals surface area contributed by atoms with Gasteiger partial charge in [0.15, 0.2) is 17.5 Å². The Morgan fingerprint density at radius 2 is 0.891 bits per heavy atom. The van der Waals surface area contributed by atoms with Crippen LogP contribution in [0.5, 0.6) is 0 Å². The summed E-state index contributed by atoms with van der Waals surface area (Å²) in [5, 5.41) is -1.23. The van der Waals surface area contributed by atoms with Gasteiger partial charge in [-0.15, -0.1) is 0 Å². The normalized spacial score (nSPS) is 16.5. The van der Waals surface area contributed by atoms with E-state index in [1.807, 2.05) is 18.2 Å². The molecule has 4 nitrogen and oxygen atoms in total. The minimum atomic E-state index is -0.938. The van der Waals surface area contributed by atoms with Gasteiger partial charge in [-0.05, 0) is 78.8 Å². The van der Waals surface area contributed by atoms with Crippen molar-refractivity contribution >= 4 is 54.3 Å². The van der Waals surface area contributed by atoms with E-state index in [1.54, 1.807) is 54.6 Å². The van der Waals surface area contributed by atoms with Crippen LogP contribution in [0.4, 0.5) is 0 Å². The zero-order valence-corrected chi connectivity index (χ0v) is 28.2. The van der Waals surface area contributed by atoms with E-state index in [-0.39, 0.29) is 17.5 Å². The predicted octanol–water partition coefficient (Wildman–Crippen LogP) is 13.6. The predicted molar refractivity (Wildman–Crippen MR) is 227 cm³/mol. The van der Waals surface area contributed by atoms with Crippen molar-refractivity contribution < 1.29 is 30.5 Å². The largest absolute Gasteiger partial charge is 0.456 e. The molecule has 0 saturated heterocycles. The van der Waals surface area contributed by atoms with Crippen LogP contribution in [0.15, 0.2) is 192 Å². The van der Waals surface area contributed by atoms with Crippen molar-refractivity contribution in [3.05, 3.63) is 188 Å². The fourth-order valence-corrected chi connectivity index (χ4v) is 6.71. The van der Waals surface area contributed by atoms with E-state index in [1.165, 1.54) is 0 Å². The van der Waals surface area contributed by atoms with E-state index >= 15 is 0 Å². The molecule has 0 aliphatic carbocycles. The zero-order valence-electron chi connectivity index (χ0n) is 47.2. The summed E-state index contributed by atoms with van der Waals surface area (Å²) in [6.07, 6.45) is 0. The van der Waals surface area contributed by atoms with Crippen molar-refractivity contribution in [1.29, 1.82) is 0 Å². The maximum atomic E-state index is 9.65. The molecule has 0 aliphatic rings. The summed E-state index contributed by atoms with van der Waals surface area (Å²) in [6.45, 7) is 0. The summed E-state index contributed by atoms with van der Waals surface area (Å²) >= 11 is 0. The van der Waals surface area contributed by atoms with Crippen LogP contribution in [0.3, 0.4) is 0 Å². The van der Waals surface area contributed by atoms with E-state index in [4.69, 9.17) is 29.5 Å². The third-order valence-corrected chi connectivity index (χ3v) is 9.22. The molecule has 0 spiro atoms. The van der Waals surface area contributed by atoms with Crippen molar-refractivity contribution in [3.63, 3.8) is 0 Å². The number of aromatic nitrogens is 3. The van der Waals surface area contributed by atoms with Gasteiger partial charge in [-0.2, -0.15) is 0 Å². The number of hydrogen-bond acceptors (Lipinski definition) is 4. The van der Waals surface area contributed by atoms with E-state index in [9.17, 15) is 11.0 Å². The second kappa shape index (κ2) is 12.6. The summed E-state index contributed by atoms with van der Waals surface area (Å²) in [4.78, 5) is 14.3. The van der Waals surface area contributed by atoms with Crippen molar-refractivity contribution in [2.75, 3.05) is 0 Å². The summed E-state index contributed by atoms with van der Waals surface area (Å²) in [5.74, 6) is -0.113. The van der Waals surface area contributed by atoms with Crippen LogP contribution in [0, 0.1) is 0 Å². The lowest BCUT2D eigenvalue weighted by Gasteiger charge is -2.12. The average molecular weight is 721 g/mol. The molecule has 0 atom stereocenters. The fourth-order valence-electron chi connectivity index (χ4n) is 6.71. The monoisotopic (exact) mass is 720 g/mol. The van der Waals surface area contributed by atoms with E-state index in [0.29, 0.717) is 27.7 Å². The van der Waals surface area contributed by atoms with Gasteiger partial charge in [-0.3, -0.25) is 0 Å². The first-order valence-electron chi connectivity index (χ1n) is 26.5. The number of benzene rings is 9. The van der Waals surface area contributed by atoms with Gasteiger partial charge in [0.05, 0.1) is 26.0 Å². The fraction of sp³-hybridized carbons (Fsp3) is 0. The van der Waals surface area contributed by atoms with Crippen LogP contribution in [0.1, 0.15) is 26.0 Å². The molecule has 55 heavy (non-hydrogen) atoms. The molecule has 9 aromatic carbocycles.